The van der Waals surface area contributed by atoms with Crippen LogP contribution in [0.15, 0.2) is 42.5 Å². The molecule has 1 aliphatic heterocycles. The van der Waals surface area contributed by atoms with E-state index >= 15 is 0 Å². The van der Waals surface area contributed by atoms with E-state index in [1.165, 1.54) is 4.31 Å². The van der Waals surface area contributed by atoms with E-state index in [0.717, 1.165) is 23.8 Å². The van der Waals surface area contributed by atoms with Crippen LogP contribution in [0.4, 0.5) is 5.69 Å². The monoisotopic (exact) mass is 531 g/mol. The molecule has 0 bridgehead atoms. The Morgan fingerprint density at radius 2 is 1.81 bits per heavy atom. The zero-order valence-electron chi connectivity index (χ0n) is 22.2. The Morgan fingerprint density at radius 3 is 2.49 bits per heavy atom. The van der Waals surface area contributed by atoms with E-state index in [9.17, 15) is 18.0 Å². The van der Waals surface area contributed by atoms with Gasteiger partial charge in [-0.25, -0.2) is 8.42 Å². The highest BCUT2D eigenvalue weighted by molar-refractivity contribution is 7.92. The maximum absolute atomic E-state index is 13.4. The Hall–Kier alpha value is -3.27. The molecule has 0 aliphatic carbocycles. The molecule has 0 unspecified atom stereocenters. The van der Waals surface area contributed by atoms with E-state index in [2.05, 4.69) is 5.32 Å². The molecule has 0 radical (unpaired) electrons. The molecule has 1 heterocycles. The lowest BCUT2D eigenvalue weighted by molar-refractivity contribution is -0.140. The van der Waals surface area contributed by atoms with Crippen LogP contribution in [-0.2, 0) is 26.2 Å². The molecular formula is C27H37N3O6S. The van der Waals surface area contributed by atoms with Gasteiger partial charge in [-0.3, -0.25) is 13.9 Å². The third-order valence-corrected chi connectivity index (χ3v) is 7.59. The summed E-state index contributed by atoms with van der Waals surface area (Å²) in [5, 5.41) is 2.96. The summed E-state index contributed by atoms with van der Waals surface area (Å²) in [6, 6.07) is 12.1. The van der Waals surface area contributed by atoms with E-state index in [4.69, 9.17) is 9.47 Å². The Bertz CT molecular complexity index is 1220. The smallest absolute Gasteiger partial charge is 0.242 e. The number of aryl methyl sites for hydroxylation is 1. The van der Waals surface area contributed by atoms with Crippen LogP contribution < -0.4 is 19.1 Å². The van der Waals surface area contributed by atoms with Crippen LogP contribution in [0.2, 0.25) is 0 Å². The summed E-state index contributed by atoms with van der Waals surface area (Å²) in [6.07, 6.45) is 2.28. The molecule has 3 rings (SSSR count). The molecule has 0 saturated carbocycles. The summed E-state index contributed by atoms with van der Waals surface area (Å²) in [5.41, 5.74) is 2.43. The number of carbonyl (C=O) groups excluding carboxylic acids is 2. The molecule has 2 atom stereocenters. The number of rotatable bonds is 12. The molecule has 1 aliphatic rings. The molecule has 2 aromatic carbocycles. The second-order valence-electron chi connectivity index (χ2n) is 9.48. The van der Waals surface area contributed by atoms with Crippen molar-refractivity contribution in [1.29, 1.82) is 0 Å². The van der Waals surface area contributed by atoms with Gasteiger partial charge in [0, 0.05) is 31.6 Å². The van der Waals surface area contributed by atoms with Crippen LogP contribution in [0.1, 0.15) is 51.2 Å². The zero-order chi connectivity index (χ0) is 27.2. The molecule has 2 aromatic rings. The predicted octanol–water partition coefficient (Wildman–Crippen LogP) is 3.60. The first-order chi connectivity index (χ1) is 17.5. The summed E-state index contributed by atoms with van der Waals surface area (Å²) in [6.45, 7) is 8.09. The van der Waals surface area contributed by atoms with Crippen LogP contribution in [0.3, 0.4) is 0 Å². The van der Waals surface area contributed by atoms with Crippen molar-refractivity contribution in [1.82, 2.24) is 10.2 Å². The van der Waals surface area contributed by atoms with Crippen molar-refractivity contribution in [3.05, 3.63) is 53.6 Å². The largest absolute Gasteiger partial charge is 0.454 e. The molecule has 2 amide bonds. The highest BCUT2D eigenvalue weighted by Crippen LogP contribution is 2.36. The standard InChI is InChI=1S/C27H37N3O6S/c1-6-20(3)28-27(32)21(4)29(17-22-10-7-9-19(2)15-22)26(31)11-8-14-30(37(5,33)34)23-12-13-24-25(16-23)36-18-35-24/h7,9-10,12-13,15-16,20-21H,6,8,11,14,17-18H2,1-5H3,(H,28,32)/t20-,21-/m0/s1. The minimum Gasteiger partial charge on any atom is -0.454 e. The molecule has 1 N–H and O–H groups in total. The van der Waals surface area contributed by atoms with Crippen LogP contribution in [0, 0.1) is 6.92 Å². The van der Waals surface area contributed by atoms with Crippen LogP contribution in [0.5, 0.6) is 11.5 Å². The highest BCUT2D eigenvalue weighted by Gasteiger charge is 2.27. The van der Waals surface area contributed by atoms with E-state index in [1.54, 1.807) is 30.0 Å². The highest BCUT2D eigenvalue weighted by atomic mass is 32.2. The van der Waals surface area contributed by atoms with Gasteiger partial charge in [0.15, 0.2) is 11.5 Å². The molecule has 0 saturated heterocycles. The van der Waals surface area contributed by atoms with Gasteiger partial charge in [-0.2, -0.15) is 0 Å². The lowest BCUT2D eigenvalue weighted by Crippen LogP contribution is -2.49. The molecule has 0 aromatic heterocycles. The number of amides is 2. The molecule has 9 nitrogen and oxygen atoms in total. The number of fused-ring (bicyclic) bond motifs is 1. The number of sulfonamides is 1. The molecular weight excluding hydrogens is 494 g/mol. The average molecular weight is 532 g/mol. The molecule has 0 spiro atoms. The Balaban J connectivity index is 1.73. The summed E-state index contributed by atoms with van der Waals surface area (Å²) < 4.78 is 37.1. The number of hydrogen-bond donors (Lipinski definition) is 1. The molecule has 10 heteroatoms. The minimum atomic E-state index is -3.61. The molecule has 0 fully saturated rings. The topological polar surface area (TPSA) is 105 Å². The van der Waals surface area contributed by atoms with Crippen molar-refractivity contribution in [2.45, 2.75) is 65.6 Å². The van der Waals surface area contributed by atoms with E-state index in [0.29, 0.717) is 17.2 Å². The number of benzene rings is 2. The van der Waals surface area contributed by atoms with E-state index < -0.39 is 16.1 Å². The van der Waals surface area contributed by atoms with Gasteiger partial charge in [0.1, 0.15) is 6.04 Å². The van der Waals surface area contributed by atoms with Gasteiger partial charge >= 0.3 is 0 Å². The second kappa shape index (κ2) is 12.3. The average Bonchev–Trinajstić information content (AvgIpc) is 3.31. The Labute approximate surface area is 219 Å². The molecule has 37 heavy (non-hydrogen) atoms. The number of hydrogen-bond acceptors (Lipinski definition) is 6. The van der Waals surface area contributed by atoms with Gasteiger partial charge in [0.25, 0.3) is 0 Å². The van der Waals surface area contributed by atoms with Crippen molar-refractivity contribution >= 4 is 27.5 Å². The first-order valence-electron chi connectivity index (χ1n) is 12.5. The minimum absolute atomic E-state index is 0.00380. The SMILES string of the molecule is CC[C@H](C)NC(=O)[C@H](C)N(Cc1cccc(C)c1)C(=O)CCCN(c1ccc2c(c1)OCO2)S(C)(=O)=O. The quantitative estimate of drug-likeness (QED) is 0.449. The normalized spacial score (nSPS) is 14.1. The van der Waals surface area contributed by atoms with Crippen molar-refractivity contribution in [2.75, 3.05) is 23.9 Å². The van der Waals surface area contributed by atoms with Crippen molar-refractivity contribution in [2.24, 2.45) is 0 Å². The predicted molar refractivity (Wildman–Crippen MR) is 143 cm³/mol. The summed E-state index contributed by atoms with van der Waals surface area (Å²) in [5.74, 6) is 0.609. The van der Waals surface area contributed by atoms with Gasteiger partial charge in [-0.05, 0) is 51.3 Å². The summed E-state index contributed by atoms with van der Waals surface area (Å²) in [7, 11) is -3.61. The van der Waals surface area contributed by atoms with Crippen LogP contribution >= 0.6 is 0 Å². The Morgan fingerprint density at radius 1 is 1.08 bits per heavy atom. The number of nitrogens with zero attached hydrogens (tertiary/aromatic N) is 2. The van der Waals surface area contributed by atoms with Crippen molar-refractivity contribution < 1.29 is 27.5 Å². The Kier molecular flexibility index (Phi) is 9.42. The van der Waals surface area contributed by atoms with Crippen LogP contribution in [0.25, 0.3) is 0 Å². The van der Waals surface area contributed by atoms with Crippen molar-refractivity contribution in [3.63, 3.8) is 0 Å². The fraction of sp³-hybridized carbons (Fsp3) is 0.481. The molecule has 202 valence electrons. The number of carbonyl (C=O) groups is 2. The second-order valence-corrected chi connectivity index (χ2v) is 11.4. The summed E-state index contributed by atoms with van der Waals surface area (Å²) >= 11 is 0. The first-order valence-corrected chi connectivity index (χ1v) is 14.4. The van der Waals surface area contributed by atoms with Gasteiger partial charge < -0.3 is 19.7 Å². The third kappa shape index (κ3) is 7.61. The van der Waals surface area contributed by atoms with Gasteiger partial charge in [0.05, 0.1) is 11.9 Å². The lowest BCUT2D eigenvalue weighted by Gasteiger charge is -2.30. The van der Waals surface area contributed by atoms with E-state index in [-0.39, 0.29) is 50.6 Å². The third-order valence-electron chi connectivity index (χ3n) is 6.40. The maximum Gasteiger partial charge on any atom is 0.242 e. The van der Waals surface area contributed by atoms with Gasteiger partial charge in [-0.1, -0.05) is 36.8 Å². The first kappa shape index (κ1) is 28.3. The van der Waals surface area contributed by atoms with Gasteiger partial charge in [0.2, 0.25) is 28.6 Å². The van der Waals surface area contributed by atoms with Crippen molar-refractivity contribution in [3.8, 4) is 11.5 Å². The number of ether oxygens (including phenoxy) is 2. The maximum atomic E-state index is 13.4. The summed E-state index contributed by atoms with van der Waals surface area (Å²) in [4.78, 5) is 27.9. The van der Waals surface area contributed by atoms with Crippen LogP contribution in [-0.4, -0.2) is 56.8 Å². The van der Waals surface area contributed by atoms with E-state index in [1.807, 2.05) is 45.0 Å². The number of nitrogens with one attached hydrogen (secondary N) is 1. The fourth-order valence-corrected chi connectivity index (χ4v) is 5.06. The lowest BCUT2D eigenvalue weighted by atomic mass is 10.1. The zero-order valence-corrected chi connectivity index (χ0v) is 23.0. The van der Waals surface area contributed by atoms with Gasteiger partial charge in [-0.15, -0.1) is 0 Å². The fourth-order valence-electron chi connectivity index (χ4n) is 4.10. The number of anilines is 1.